The first kappa shape index (κ1) is 16.7. The van der Waals surface area contributed by atoms with Crippen LogP contribution in [0.25, 0.3) is 10.2 Å². The van der Waals surface area contributed by atoms with Crippen LogP contribution in [-0.4, -0.2) is 53.1 Å². The SMILES string of the molecule is Cc1c(C(=O)N2CCCCC2)sc2ncnc(NCC3CCCO3)c12. The van der Waals surface area contributed by atoms with Gasteiger partial charge in [0, 0.05) is 26.2 Å². The van der Waals surface area contributed by atoms with Crippen molar-refractivity contribution < 1.29 is 9.53 Å². The number of hydrogen-bond acceptors (Lipinski definition) is 6. The van der Waals surface area contributed by atoms with Gasteiger partial charge < -0.3 is 15.0 Å². The largest absolute Gasteiger partial charge is 0.376 e. The van der Waals surface area contributed by atoms with Crippen molar-refractivity contribution in [3.05, 3.63) is 16.8 Å². The number of piperidine rings is 1. The highest BCUT2D eigenvalue weighted by Crippen LogP contribution is 2.34. The maximum atomic E-state index is 12.9. The third kappa shape index (κ3) is 3.35. The highest BCUT2D eigenvalue weighted by atomic mass is 32.1. The lowest BCUT2D eigenvalue weighted by Gasteiger charge is -2.26. The molecule has 25 heavy (non-hydrogen) atoms. The Bertz CT molecular complexity index is 764. The Balaban J connectivity index is 1.60. The number of carbonyl (C=O) groups is 1. The van der Waals surface area contributed by atoms with Gasteiger partial charge in [0.05, 0.1) is 16.4 Å². The van der Waals surface area contributed by atoms with E-state index >= 15 is 0 Å². The minimum absolute atomic E-state index is 0.144. The van der Waals surface area contributed by atoms with E-state index in [0.29, 0.717) is 0 Å². The van der Waals surface area contributed by atoms with Crippen molar-refractivity contribution >= 4 is 33.3 Å². The molecule has 4 heterocycles. The predicted molar refractivity (Wildman–Crippen MR) is 99.4 cm³/mol. The average Bonchev–Trinajstić information content (AvgIpc) is 3.28. The van der Waals surface area contributed by atoms with Crippen LogP contribution in [0.3, 0.4) is 0 Å². The molecular weight excluding hydrogens is 336 g/mol. The molecule has 4 rings (SSSR count). The number of rotatable bonds is 4. The van der Waals surface area contributed by atoms with E-state index in [1.165, 1.54) is 17.8 Å². The summed E-state index contributed by atoms with van der Waals surface area (Å²) in [6.07, 6.45) is 7.45. The third-order valence-corrected chi connectivity index (χ3v) is 6.27. The summed E-state index contributed by atoms with van der Waals surface area (Å²) in [5.41, 5.74) is 0.992. The molecule has 1 amide bonds. The second kappa shape index (κ2) is 7.25. The van der Waals surface area contributed by atoms with Crippen LogP contribution in [0.2, 0.25) is 0 Å². The Morgan fingerprint density at radius 1 is 1.32 bits per heavy atom. The van der Waals surface area contributed by atoms with Gasteiger partial charge in [-0.25, -0.2) is 9.97 Å². The molecule has 2 aromatic heterocycles. The highest BCUT2D eigenvalue weighted by molar-refractivity contribution is 7.20. The first-order chi connectivity index (χ1) is 12.2. The number of hydrogen-bond donors (Lipinski definition) is 1. The van der Waals surface area contributed by atoms with E-state index in [9.17, 15) is 4.79 Å². The van der Waals surface area contributed by atoms with Crippen molar-refractivity contribution in [1.82, 2.24) is 14.9 Å². The predicted octanol–water partition coefficient (Wildman–Crippen LogP) is 3.22. The number of ether oxygens (including phenoxy) is 1. The number of thiophene rings is 1. The average molecular weight is 360 g/mol. The second-order valence-electron chi connectivity index (χ2n) is 6.83. The number of anilines is 1. The molecule has 0 bridgehead atoms. The first-order valence-corrected chi connectivity index (χ1v) is 9.94. The van der Waals surface area contributed by atoms with Crippen LogP contribution >= 0.6 is 11.3 Å². The van der Waals surface area contributed by atoms with Gasteiger partial charge >= 0.3 is 0 Å². The topological polar surface area (TPSA) is 67.4 Å². The van der Waals surface area contributed by atoms with E-state index in [1.807, 2.05) is 11.8 Å². The van der Waals surface area contributed by atoms with Crippen molar-refractivity contribution in [1.29, 1.82) is 0 Å². The van der Waals surface area contributed by atoms with Gasteiger partial charge in [-0.1, -0.05) is 0 Å². The fourth-order valence-corrected chi connectivity index (χ4v) is 4.78. The third-order valence-electron chi connectivity index (χ3n) is 5.09. The number of carbonyl (C=O) groups excluding carboxylic acids is 1. The molecule has 1 N–H and O–H groups in total. The highest BCUT2D eigenvalue weighted by Gasteiger charge is 2.25. The summed E-state index contributed by atoms with van der Waals surface area (Å²) in [4.78, 5) is 25.4. The molecule has 2 aromatic rings. The number of fused-ring (bicyclic) bond motifs is 1. The summed E-state index contributed by atoms with van der Waals surface area (Å²) in [5.74, 6) is 0.956. The van der Waals surface area contributed by atoms with Crippen molar-refractivity contribution in [2.24, 2.45) is 0 Å². The van der Waals surface area contributed by atoms with Gasteiger partial charge in [-0.3, -0.25) is 4.79 Å². The summed E-state index contributed by atoms with van der Waals surface area (Å²) >= 11 is 1.48. The Kier molecular flexibility index (Phi) is 4.85. The molecule has 0 saturated carbocycles. The monoisotopic (exact) mass is 360 g/mol. The number of nitrogens with zero attached hydrogens (tertiary/aromatic N) is 3. The molecule has 2 aliphatic heterocycles. The van der Waals surface area contributed by atoms with Crippen LogP contribution in [0.15, 0.2) is 6.33 Å². The molecule has 0 radical (unpaired) electrons. The van der Waals surface area contributed by atoms with E-state index in [-0.39, 0.29) is 12.0 Å². The fraction of sp³-hybridized carbons (Fsp3) is 0.611. The fourth-order valence-electron chi connectivity index (χ4n) is 3.67. The Morgan fingerprint density at radius 2 is 2.16 bits per heavy atom. The van der Waals surface area contributed by atoms with Crippen LogP contribution in [0.5, 0.6) is 0 Å². The number of aryl methyl sites for hydroxylation is 1. The van der Waals surface area contributed by atoms with Gasteiger partial charge in [-0.05, 0) is 44.6 Å². The summed E-state index contributed by atoms with van der Waals surface area (Å²) in [6.45, 7) is 5.33. The smallest absolute Gasteiger partial charge is 0.264 e. The minimum atomic E-state index is 0.144. The van der Waals surface area contributed by atoms with Gasteiger partial charge in [0.15, 0.2) is 0 Å². The maximum absolute atomic E-state index is 12.9. The van der Waals surface area contributed by atoms with Crippen LogP contribution in [0.1, 0.15) is 47.3 Å². The van der Waals surface area contributed by atoms with Crippen LogP contribution in [0, 0.1) is 6.92 Å². The van der Waals surface area contributed by atoms with E-state index < -0.39 is 0 Å². The van der Waals surface area contributed by atoms with E-state index in [4.69, 9.17) is 4.74 Å². The van der Waals surface area contributed by atoms with Gasteiger partial charge in [0.2, 0.25) is 0 Å². The zero-order valence-electron chi connectivity index (χ0n) is 14.6. The Labute approximate surface area is 151 Å². The van der Waals surface area contributed by atoms with E-state index in [2.05, 4.69) is 15.3 Å². The summed E-state index contributed by atoms with van der Waals surface area (Å²) in [5, 5.41) is 4.39. The lowest BCUT2D eigenvalue weighted by Crippen LogP contribution is -2.35. The molecule has 1 unspecified atom stereocenters. The molecule has 7 heteroatoms. The van der Waals surface area contributed by atoms with Crippen molar-refractivity contribution in [3.8, 4) is 0 Å². The summed E-state index contributed by atoms with van der Waals surface area (Å²) < 4.78 is 5.68. The Hall–Kier alpha value is -1.73. The van der Waals surface area contributed by atoms with Gasteiger partial charge in [-0.15, -0.1) is 11.3 Å². The van der Waals surface area contributed by atoms with Crippen LogP contribution in [-0.2, 0) is 4.74 Å². The first-order valence-electron chi connectivity index (χ1n) is 9.13. The molecule has 1 atom stereocenters. The number of likely N-dealkylation sites (tertiary alicyclic amines) is 1. The van der Waals surface area contributed by atoms with Gasteiger partial charge in [-0.2, -0.15) is 0 Å². The molecule has 0 aromatic carbocycles. The van der Waals surface area contributed by atoms with Gasteiger partial charge in [0.25, 0.3) is 5.91 Å². The number of aromatic nitrogens is 2. The maximum Gasteiger partial charge on any atom is 0.264 e. The molecule has 2 aliphatic rings. The Morgan fingerprint density at radius 3 is 2.92 bits per heavy atom. The standard InChI is InChI=1S/C18H24N4O2S/c1-12-14-16(19-10-13-6-5-9-24-13)20-11-21-17(14)25-15(12)18(23)22-7-3-2-4-8-22/h11,13H,2-10H2,1H3,(H,19,20,21). The lowest BCUT2D eigenvalue weighted by molar-refractivity contribution is 0.0728. The summed E-state index contributed by atoms with van der Waals surface area (Å²) in [7, 11) is 0. The summed E-state index contributed by atoms with van der Waals surface area (Å²) in [6, 6.07) is 0. The van der Waals surface area contributed by atoms with Crippen LogP contribution in [0.4, 0.5) is 5.82 Å². The second-order valence-corrected chi connectivity index (χ2v) is 7.83. The molecule has 6 nitrogen and oxygen atoms in total. The zero-order chi connectivity index (χ0) is 17.2. The lowest BCUT2D eigenvalue weighted by atomic mass is 10.1. The van der Waals surface area contributed by atoms with Crippen LogP contribution < -0.4 is 5.32 Å². The molecular formula is C18H24N4O2S. The molecule has 2 fully saturated rings. The van der Waals surface area contributed by atoms with E-state index in [1.54, 1.807) is 6.33 Å². The normalized spacial score (nSPS) is 21.0. The van der Waals surface area contributed by atoms with E-state index in [0.717, 1.165) is 78.4 Å². The molecule has 134 valence electrons. The van der Waals surface area contributed by atoms with Crippen molar-refractivity contribution in [2.75, 3.05) is 31.6 Å². The zero-order valence-corrected chi connectivity index (χ0v) is 15.4. The number of nitrogens with one attached hydrogen (secondary N) is 1. The number of amides is 1. The van der Waals surface area contributed by atoms with Crippen molar-refractivity contribution in [3.63, 3.8) is 0 Å². The molecule has 0 spiro atoms. The molecule has 2 saturated heterocycles. The van der Waals surface area contributed by atoms with Crippen molar-refractivity contribution in [2.45, 2.75) is 45.1 Å². The molecule has 0 aliphatic carbocycles. The quantitative estimate of drug-likeness (QED) is 0.907. The minimum Gasteiger partial charge on any atom is -0.376 e. The van der Waals surface area contributed by atoms with Gasteiger partial charge in [0.1, 0.15) is 17.0 Å².